The van der Waals surface area contributed by atoms with E-state index in [2.05, 4.69) is 22.9 Å². The fourth-order valence-corrected chi connectivity index (χ4v) is 2.67. The third-order valence-corrected chi connectivity index (χ3v) is 4.00. The highest BCUT2D eigenvalue weighted by atomic mass is 79.9. The number of piperidine rings is 1. The van der Waals surface area contributed by atoms with E-state index in [1.54, 1.807) is 4.90 Å². The second-order valence-corrected chi connectivity index (χ2v) is 5.90. The van der Waals surface area contributed by atoms with Crippen molar-refractivity contribution < 1.29 is 9.64 Å². The molecule has 0 bridgehead atoms. The fourth-order valence-electron chi connectivity index (χ4n) is 2.29. The molecule has 0 unspecified atom stereocenters. The van der Waals surface area contributed by atoms with Gasteiger partial charge in [-0.05, 0) is 37.0 Å². The summed E-state index contributed by atoms with van der Waals surface area (Å²) in [4.78, 5) is 1.69. The zero-order valence-corrected chi connectivity index (χ0v) is 12.0. The average Bonchev–Trinajstić information content (AvgIpc) is 2.32. The van der Waals surface area contributed by atoms with Gasteiger partial charge in [-0.2, -0.15) is 0 Å². The van der Waals surface area contributed by atoms with Gasteiger partial charge in [0.1, 0.15) is 18.9 Å². The molecule has 0 atom stereocenters. The quantitative estimate of drug-likeness (QED) is 0.899. The van der Waals surface area contributed by atoms with Crippen molar-refractivity contribution in [1.29, 1.82) is 0 Å². The molecule has 1 saturated heterocycles. The molecule has 94 valence electrons. The van der Waals surface area contributed by atoms with Gasteiger partial charge in [0.15, 0.2) is 0 Å². The minimum atomic E-state index is 0.820. The SMILES string of the molecule is CC1CC[NH+](CCOc2cccc(Br)c2)CC1. The number of ether oxygens (including phenoxy) is 1. The molecule has 1 N–H and O–H groups in total. The first-order valence-electron chi connectivity index (χ1n) is 6.46. The van der Waals surface area contributed by atoms with Gasteiger partial charge in [0, 0.05) is 4.47 Å². The molecule has 1 aliphatic rings. The lowest BCUT2D eigenvalue weighted by Gasteiger charge is -2.27. The molecule has 0 amide bonds. The van der Waals surface area contributed by atoms with Gasteiger partial charge in [0.2, 0.25) is 0 Å². The molecular weight excluding hydrogens is 278 g/mol. The zero-order valence-electron chi connectivity index (χ0n) is 10.4. The van der Waals surface area contributed by atoms with Crippen LogP contribution in [-0.2, 0) is 0 Å². The molecule has 1 aliphatic heterocycles. The van der Waals surface area contributed by atoms with Gasteiger partial charge in [-0.15, -0.1) is 0 Å². The molecule has 1 aromatic rings. The molecule has 1 aromatic carbocycles. The molecule has 0 spiro atoms. The van der Waals surface area contributed by atoms with Gasteiger partial charge in [0.05, 0.1) is 13.1 Å². The van der Waals surface area contributed by atoms with Crippen LogP contribution in [0.3, 0.4) is 0 Å². The summed E-state index contributed by atoms with van der Waals surface area (Å²) in [7, 11) is 0. The predicted octanol–water partition coefficient (Wildman–Crippen LogP) is 2.14. The van der Waals surface area contributed by atoms with E-state index in [9.17, 15) is 0 Å². The third kappa shape index (κ3) is 4.32. The maximum Gasteiger partial charge on any atom is 0.137 e. The van der Waals surface area contributed by atoms with Crippen molar-refractivity contribution in [3.63, 3.8) is 0 Å². The zero-order chi connectivity index (χ0) is 12.1. The number of quaternary nitrogens is 1. The van der Waals surface area contributed by atoms with E-state index in [-0.39, 0.29) is 0 Å². The number of likely N-dealkylation sites (tertiary alicyclic amines) is 1. The van der Waals surface area contributed by atoms with Crippen molar-refractivity contribution >= 4 is 15.9 Å². The lowest BCUT2D eigenvalue weighted by molar-refractivity contribution is -0.906. The molecule has 2 nitrogen and oxygen atoms in total. The van der Waals surface area contributed by atoms with Gasteiger partial charge in [0.25, 0.3) is 0 Å². The highest BCUT2D eigenvalue weighted by Gasteiger charge is 2.18. The minimum absolute atomic E-state index is 0.820. The van der Waals surface area contributed by atoms with Gasteiger partial charge in [-0.3, -0.25) is 0 Å². The number of rotatable bonds is 4. The maximum absolute atomic E-state index is 5.77. The van der Waals surface area contributed by atoms with E-state index in [0.29, 0.717) is 0 Å². The number of nitrogens with one attached hydrogen (secondary N) is 1. The molecule has 3 heteroatoms. The minimum Gasteiger partial charge on any atom is -0.488 e. The lowest BCUT2D eigenvalue weighted by atomic mass is 9.99. The number of benzene rings is 1. The first kappa shape index (κ1) is 12.9. The monoisotopic (exact) mass is 298 g/mol. The normalized spacial score (nSPS) is 24.6. The van der Waals surface area contributed by atoms with E-state index in [1.807, 2.05) is 24.3 Å². The van der Waals surface area contributed by atoms with Gasteiger partial charge < -0.3 is 9.64 Å². The van der Waals surface area contributed by atoms with Gasteiger partial charge >= 0.3 is 0 Å². The molecule has 0 saturated carbocycles. The van der Waals surface area contributed by atoms with Crippen LogP contribution in [0.5, 0.6) is 5.75 Å². The number of hydrogen-bond donors (Lipinski definition) is 1. The van der Waals surface area contributed by atoms with Crippen molar-refractivity contribution in [3.05, 3.63) is 28.7 Å². The Balaban J connectivity index is 1.69. The summed E-state index contributed by atoms with van der Waals surface area (Å²) >= 11 is 3.45. The Morgan fingerprint density at radius 1 is 1.35 bits per heavy atom. The van der Waals surface area contributed by atoms with Crippen molar-refractivity contribution in [1.82, 2.24) is 0 Å². The first-order chi connectivity index (χ1) is 8.24. The third-order valence-electron chi connectivity index (χ3n) is 3.50. The Labute approximate surface area is 112 Å². The Kier molecular flexibility index (Phi) is 4.86. The second-order valence-electron chi connectivity index (χ2n) is 4.99. The van der Waals surface area contributed by atoms with Crippen LogP contribution < -0.4 is 9.64 Å². The molecule has 1 fully saturated rings. The van der Waals surface area contributed by atoms with E-state index < -0.39 is 0 Å². The molecule has 17 heavy (non-hydrogen) atoms. The Morgan fingerprint density at radius 2 is 2.12 bits per heavy atom. The molecule has 1 heterocycles. The lowest BCUT2D eigenvalue weighted by Crippen LogP contribution is -3.13. The van der Waals surface area contributed by atoms with E-state index >= 15 is 0 Å². The van der Waals surface area contributed by atoms with Crippen molar-refractivity contribution in [2.45, 2.75) is 19.8 Å². The summed E-state index contributed by atoms with van der Waals surface area (Å²) in [6.07, 6.45) is 2.73. The molecular formula is C14H21BrNO+. The topological polar surface area (TPSA) is 13.7 Å². The summed E-state index contributed by atoms with van der Waals surface area (Å²) < 4.78 is 6.84. The fraction of sp³-hybridized carbons (Fsp3) is 0.571. The standard InChI is InChI=1S/C14H20BrNO/c1-12-5-7-16(8-6-12)9-10-17-14-4-2-3-13(15)11-14/h2-4,11-12H,5-10H2,1H3/p+1. The van der Waals surface area contributed by atoms with Crippen LogP contribution in [0.15, 0.2) is 28.7 Å². The molecule has 2 rings (SSSR count). The Hall–Kier alpha value is -0.540. The van der Waals surface area contributed by atoms with Gasteiger partial charge in [-0.1, -0.05) is 28.9 Å². The Bertz CT molecular complexity index is 348. The number of hydrogen-bond acceptors (Lipinski definition) is 1. The largest absolute Gasteiger partial charge is 0.488 e. The van der Waals surface area contributed by atoms with Crippen LogP contribution in [0.1, 0.15) is 19.8 Å². The maximum atomic E-state index is 5.77. The summed E-state index contributed by atoms with van der Waals surface area (Å²) in [5.74, 6) is 1.88. The summed E-state index contributed by atoms with van der Waals surface area (Å²) in [5, 5.41) is 0. The molecule has 0 radical (unpaired) electrons. The number of halogens is 1. The van der Waals surface area contributed by atoms with Crippen LogP contribution in [0.25, 0.3) is 0 Å². The highest BCUT2D eigenvalue weighted by molar-refractivity contribution is 9.10. The first-order valence-corrected chi connectivity index (χ1v) is 7.25. The van der Waals surface area contributed by atoms with E-state index in [0.717, 1.165) is 29.3 Å². The van der Waals surface area contributed by atoms with Crippen molar-refractivity contribution in [2.24, 2.45) is 5.92 Å². The van der Waals surface area contributed by atoms with Crippen LogP contribution >= 0.6 is 15.9 Å². The van der Waals surface area contributed by atoms with E-state index in [1.165, 1.54) is 25.9 Å². The predicted molar refractivity (Wildman–Crippen MR) is 73.6 cm³/mol. The summed E-state index contributed by atoms with van der Waals surface area (Å²) in [5.41, 5.74) is 0. The van der Waals surface area contributed by atoms with Gasteiger partial charge in [-0.25, -0.2) is 0 Å². The smallest absolute Gasteiger partial charge is 0.137 e. The second kappa shape index (κ2) is 6.41. The molecule has 0 aromatic heterocycles. The Morgan fingerprint density at radius 3 is 2.82 bits per heavy atom. The van der Waals surface area contributed by atoms with Crippen LogP contribution in [0, 0.1) is 5.92 Å². The van der Waals surface area contributed by atoms with Crippen LogP contribution in [0.2, 0.25) is 0 Å². The average molecular weight is 299 g/mol. The van der Waals surface area contributed by atoms with Crippen LogP contribution in [0.4, 0.5) is 0 Å². The summed E-state index contributed by atoms with van der Waals surface area (Å²) in [6, 6.07) is 8.06. The van der Waals surface area contributed by atoms with Crippen LogP contribution in [-0.4, -0.2) is 26.2 Å². The summed E-state index contributed by atoms with van der Waals surface area (Å²) in [6.45, 7) is 6.92. The van der Waals surface area contributed by atoms with Crippen molar-refractivity contribution in [2.75, 3.05) is 26.2 Å². The molecule has 0 aliphatic carbocycles. The van der Waals surface area contributed by atoms with E-state index in [4.69, 9.17) is 4.74 Å². The highest BCUT2D eigenvalue weighted by Crippen LogP contribution is 2.17. The van der Waals surface area contributed by atoms with Crippen molar-refractivity contribution in [3.8, 4) is 5.75 Å².